The molecule has 0 atom stereocenters. The average molecular weight is 467 g/mol. The van der Waals surface area contributed by atoms with Crippen molar-refractivity contribution >= 4 is 40.1 Å². The topological polar surface area (TPSA) is 26.3 Å². The molecule has 0 saturated carbocycles. The molecule has 0 aliphatic rings. The van der Waals surface area contributed by atoms with Crippen molar-refractivity contribution in [1.82, 2.24) is 0 Å². The maximum atomic E-state index is 11.0. The van der Waals surface area contributed by atoms with Crippen molar-refractivity contribution in [3.05, 3.63) is 91.0 Å². The molecule has 4 heteroatoms. The molecule has 0 aliphatic heterocycles. The molecule has 0 N–H and O–H groups in total. The molecule has 0 bridgehead atoms. The quantitative estimate of drug-likeness (QED) is 0.243. The molecular weight excluding hydrogens is 431 g/mol. The van der Waals surface area contributed by atoms with Crippen molar-refractivity contribution in [1.29, 1.82) is 0 Å². The monoisotopic (exact) mass is 466 g/mol. The molecule has 170 valence electrons. The Labute approximate surface area is 198 Å². The van der Waals surface area contributed by atoms with Crippen LogP contribution in [-0.4, -0.2) is 30.2 Å². The van der Waals surface area contributed by atoms with Gasteiger partial charge in [-0.05, 0) is 0 Å². The molecule has 0 aliphatic carbocycles. The van der Waals surface area contributed by atoms with Crippen LogP contribution in [0.3, 0.4) is 0 Å². The van der Waals surface area contributed by atoms with Gasteiger partial charge in [0.15, 0.2) is 0 Å². The summed E-state index contributed by atoms with van der Waals surface area (Å²) in [5.74, 6) is 0.901. The number of benzene rings is 3. The van der Waals surface area contributed by atoms with Gasteiger partial charge in [-0.15, -0.1) is 0 Å². The van der Waals surface area contributed by atoms with Crippen LogP contribution in [0.2, 0.25) is 0 Å². The van der Waals surface area contributed by atoms with Gasteiger partial charge >= 0.3 is 198 Å². The van der Waals surface area contributed by atoms with Gasteiger partial charge in [-0.25, -0.2) is 0 Å². The molecule has 0 spiro atoms. The van der Waals surface area contributed by atoms with Gasteiger partial charge in [-0.3, -0.25) is 0 Å². The van der Waals surface area contributed by atoms with Crippen LogP contribution >= 0.6 is 19.0 Å². The second kappa shape index (κ2) is 13.6. The van der Waals surface area contributed by atoms with Crippen LogP contribution in [0.4, 0.5) is 0 Å². The third kappa shape index (κ3) is 7.04. The number of thioether (sulfide) groups is 1. The van der Waals surface area contributed by atoms with E-state index in [1.54, 1.807) is 6.92 Å². The summed E-state index contributed by atoms with van der Waals surface area (Å²) in [5.41, 5.74) is 0. The SMILES string of the molecule is CC(=O)SCCCCOCCCC[PH](c1ccccc1)(c1ccccc1)c1ccccc1. The molecule has 0 aromatic heterocycles. The van der Waals surface area contributed by atoms with E-state index in [1.807, 2.05) is 0 Å². The fourth-order valence-corrected chi connectivity index (χ4v) is 9.89. The molecule has 3 aromatic rings. The van der Waals surface area contributed by atoms with E-state index in [9.17, 15) is 4.79 Å². The van der Waals surface area contributed by atoms with Crippen molar-refractivity contribution in [2.45, 2.75) is 32.6 Å². The van der Waals surface area contributed by atoms with Crippen LogP contribution in [0.5, 0.6) is 0 Å². The Morgan fingerprint density at radius 3 is 1.56 bits per heavy atom. The van der Waals surface area contributed by atoms with Gasteiger partial charge in [-0.2, -0.15) is 0 Å². The summed E-state index contributed by atoms with van der Waals surface area (Å²) in [6.07, 6.45) is 5.45. The predicted octanol–water partition coefficient (Wildman–Crippen LogP) is 5.57. The average Bonchev–Trinajstić information content (AvgIpc) is 2.84. The zero-order chi connectivity index (χ0) is 22.5. The Hall–Kier alpha value is -1.93. The first-order valence-electron chi connectivity index (χ1n) is 11.6. The van der Waals surface area contributed by atoms with E-state index in [0.29, 0.717) is 0 Å². The van der Waals surface area contributed by atoms with Crippen molar-refractivity contribution in [3.8, 4) is 0 Å². The fourth-order valence-electron chi connectivity index (χ4n) is 4.32. The molecule has 3 aromatic carbocycles. The van der Waals surface area contributed by atoms with Gasteiger partial charge in [0.25, 0.3) is 0 Å². The number of carbonyl (C=O) groups is 1. The van der Waals surface area contributed by atoms with Crippen LogP contribution in [-0.2, 0) is 9.53 Å². The molecule has 0 fully saturated rings. The number of hydrogen-bond acceptors (Lipinski definition) is 3. The Balaban J connectivity index is 1.66. The number of hydrogen-bond donors (Lipinski definition) is 0. The van der Waals surface area contributed by atoms with E-state index in [4.69, 9.17) is 4.74 Å². The maximum absolute atomic E-state index is 11.0. The summed E-state index contributed by atoms with van der Waals surface area (Å²) in [7, 11) is -2.11. The minimum absolute atomic E-state index is 0.203. The minimum atomic E-state index is -2.11. The van der Waals surface area contributed by atoms with E-state index >= 15 is 0 Å². The number of ether oxygens (including phenoxy) is 1. The Bertz CT molecular complexity index is 819. The summed E-state index contributed by atoms with van der Waals surface area (Å²) in [6.45, 7) is 3.23. The Morgan fingerprint density at radius 2 is 1.12 bits per heavy atom. The standard InChI is InChI=1S/C28H35O2PS/c1-25(29)32-24-14-12-22-30-21-11-13-23-31(26-15-5-2-6-16-26,27-17-7-3-8-18-27)28-19-9-4-10-20-28/h2-10,15-20,31H,11-14,21-24H2,1H3. The summed E-state index contributed by atoms with van der Waals surface area (Å²) >= 11 is 1.41. The van der Waals surface area contributed by atoms with Crippen LogP contribution in [0.15, 0.2) is 91.0 Å². The van der Waals surface area contributed by atoms with Crippen LogP contribution in [0.1, 0.15) is 32.6 Å². The summed E-state index contributed by atoms with van der Waals surface area (Å²) in [6, 6.07) is 33.3. The van der Waals surface area contributed by atoms with Crippen LogP contribution in [0.25, 0.3) is 0 Å². The summed E-state index contributed by atoms with van der Waals surface area (Å²) < 4.78 is 5.89. The normalized spacial score (nSPS) is 11.9. The van der Waals surface area contributed by atoms with Crippen LogP contribution < -0.4 is 15.9 Å². The molecule has 3 rings (SSSR count). The molecule has 0 saturated heterocycles. The first-order chi connectivity index (χ1) is 15.7. The third-order valence-electron chi connectivity index (χ3n) is 5.88. The van der Waals surface area contributed by atoms with Crippen molar-refractivity contribution in [2.75, 3.05) is 25.1 Å². The Kier molecular flexibility index (Phi) is 10.5. The second-order valence-electron chi connectivity index (χ2n) is 8.12. The molecule has 0 heterocycles. The molecule has 32 heavy (non-hydrogen) atoms. The van der Waals surface area contributed by atoms with Gasteiger partial charge in [0, 0.05) is 0 Å². The number of unbranched alkanes of at least 4 members (excludes halogenated alkanes) is 2. The first kappa shape index (κ1) is 24.7. The van der Waals surface area contributed by atoms with E-state index in [1.165, 1.54) is 33.8 Å². The van der Waals surface area contributed by atoms with Gasteiger partial charge < -0.3 is 0 Å². The number of carbonyl (C=O) groups excluding carboxylic acids is 1. The van der Waals surface area contributed by atoms with E-state index in [-0.39, 0.29) is 5.12 Å². The fraction of sp³-hybridized carbons (Fsp3) is 0.321. The van der Waals surface area contributed by atoms with E-state index < -0.39 is 7.26 Å². The van der Waals surface area contributed by atoms with Crippen molar-refractivity contribution < 1.29 is 9.53 Å². The van der Waals surface area contributed by atoms with Gasteiger partial charge in [0.1, 0.15) is 0 Å². The van der Waals surface area contributed by atoms with Gasteiger partial charge in [-0.1, -0.05) is 0 Å². The van der Waals surface area contributed by atoms with Crippen molar-refractivity contribution in [2.24, 2.45) is 0 Å². The predicted molar refractivity (Wildman–Crippen MR) is 144 cm³/mol. The van der Waals surface area contributed by atoms with Gasteiger partial charge in [0.2, 0.25) is 0 Å². The molecule has 0 unspecified atom stereocenters. The summed E-state index contributed by atoms with van der Waals surface area (Å²) in [5, 5.41) is 4.62. The first-order valence-corrected chi connectivity index (χ1v) is 14.8. The Morgan fingerprint density at radius 1 is 0.688 bits per heavy atom. The molecule has 2 nitrogen and oxygen atoms in total. The van der Waals surface area contributed by atoms with E-state index in [0.717, 1.165) is 44.6 Å². The van der Waals surface area contributed by atoms with Crippen LogP contribution in [0, 0.1) is 0 Å². The van der Waals surface area contributed by atoms with Gasteiger partial charge in [0.05, 0.1) is 0 Å². The zero-order valence-electron chi connectivity index (χ0n) is 19.0. The van der Waals surface area contributed by atoms with E-state index in [2.05, 4.69) is 91.0 Å². The zero-order valence-corrected chi connectivity index (χ0v) is 20.9. The molecule has 0 radical (unpaired) electrons. The number of rotatable bonds is 13. The summed E-state index contributed by atoms with van der Waals surface area (Å²) in [4.78, 5) is 11.0. The third-order valence-corrected chi connectivity index (χ3v) is 11.8. The molecular formula is C28H35O2PS. The molecule has 0 amide bonds. The second-order valence-corrected chi connectivity index (χ2v) is 13.4. The van der Waals surface area contributed by atoms with Crippen molar-refractivity contribution in [3.63, 3.8) is 0 Å².